The summed E-state index contributed by atoms with van der Waals surface area (Å²) in [4.78, 5) is 6.84. The van der Waals surface area contributed by atoms with Gasteiger partial charge in [-0.3, -0.25) is 0 Å². The molecule has 0 saturated carbocycles. The van der Waals surface area contributed by atoms with Crippen molar-refractivity contribution < 1.29 is 4.74 Å². The molecule has 0 aliphatic carbocycles. The Morgan fingerprint density at radius 3 is 2.74 bits per heavy atom. The van der Waals surface area contributed by atoms with Crippen LogP contribution in [0.15, 0.2) is 48.5 Å². The van der Waals surface area contributed by atoms with Gasteiger partial charge in [-0.25, -0.2) is 4.98 Å². The van der Waals surface area contributed by atoms with Gasteiger partial charge in [-0.2, -0.15) is 0 Å². The molecule has 3 aromatic rings. The number of hydrogen-bond donors (Lipinski definition) is 1. The first kappa shape index (κ1) is 15.8. The van der Waals surface area contributed by atoms with Crippen molar-refractivity contribution in [1.29, 1.82) is 0 Å². The minimum atomic E-state index is 0.247. The molecule has 0 radical (unpaired) electrons. The monoisotopic (exact) mass is 327 g/mol. The highest BCUT2D eigenvalue weighted by atomic mass is 32.1. The Kier molecular flexibility index (Phi) is 4.79. The average Bonchev–Trinajstić information content (AvgIpc) is 2.97. The number of likely N-dealkylation sites (N-methyl/N-ethyl adjacent to an activating group) is 1. The lowest BCUT2D eigenvalue weighted by molar-refractivity contribution is 0.310. The van der Waals surface area contributed by atoms with Gasteiger partial charge in [0.2, 0.25) is 0 Å². The molecule has 1 aromatic heterocycles. The number of rotatable bonds is 6. The summed E-state index contributed by atoms with van der Waals surface area (Å²) in [6.07, 6.45) is 0. The molecule has 0 aliphatic heterocycles. The SMILES string of the molecule is COc1cccc(C(CNc2nc3ccccc3s2)N(C)C)c1. The molecular weight excluding hydrogens is 306 g/mol. The molecular formula is C18H21N3OS. The predicted molar refractivity (Wildman–Crippen MR) is 97.5 cm³/mol. The highest BCUT2D eigenvalue weighted by Gasteiger charge is 2.15. The van der Waals surface area contributed by atoms with Gasteiger partial charge in [-0.05, 0) is 43.9 Å². The maximum absolute atomic E-state index is 5.34. The van der Waals surface area contributed by atoms with Gasteiger partial charge >= 0.3 is 0 Å². The summed E-state index contributed by atoms with van der Waals surface area (Å²) in [6, 6.07) is 16.7. The van der Waals surface area contributed by atoms with E-state index >= 15 is 0 Å². The van der Waals surface area contributed by atoms with Crippen LogP contribution in [-0.4, -0.2) is 37.6 Å². The van der Waals surface area contributed by atoms with Crippen LogP contribution in [0.4, 0.5) is 5.13 Å². The lowest BCUT2D eigenvalue weighted by Crippen LogP contribution is -2.26. The van der Waals surface area contributed by atoms with Crippen molar-refractivity contribution in [2.75, 3.05) is 33.1 Å². The van der Waals surface area contributed by atoms with Crippen molar-refractivity contribution in [3.63, 3.8) is 0 Å². The van der Waals surface area contributed by atoms with E-state index in [1.54, 1.807) is 18.4 Å². The number of hydrogen-bond acceptors (Lipinski definition) is 5. The number of fused-ring (bicyclic) bond motifs is 1. The third-order valence-electron chi connectivity index (χ3n) is 3.84. The quantitative estimate of drug-likeness (QED) is 0.742. The van der Waals surface area contributed by atoms with Crippen molar-refractivity contribution in [1.82, 2.24) is 9.88 Å². The Bertz CT molecular complexity index is 752. The van der Waals surface area contributed by atoms with Crippen LogP contribution < -0.4 is 10.1 Å². The number of methoxy groups -OCH3 is 1. The average molecular weight is 327 g/mol. The molecule has 5 heteroatoms. The van der Waals surface area contributed by atoms with E-state index in [0.717, 1.165) is 22.9 Å². The number of para-hydroxylation sites is 1. The number of thiazole rings is 1. The molecule has 2 aromatic carbocycles. The lowest BCUT2D eigenvalue weighted by Gasteiger charge is -2.25. The lowest BCUT2D eigenvalue weighted by atomic mass is 10.1. The third kappa shape index (κ3) is 3.63. The maximum atomic E-state index is 5.34. The van der Waals surface area contributed by atoms with E-state index in [2.05, 4.69) is 47.5 Å². The number of nitrogens with one attached hydrogen (secondary N) is 1. The van der Waals surface area contributed by atoms with Gasteiger partial charge in [0.15, 0.2) is 5.13 Å². The van der Waals surface area contributed by atoms with E-state index in [-0.39, 0.29) is 6.04 Å². The summed E-state index contributed by atoms with van der Waals surface area (Å²) >= 11 is 1.69. The molecule has 0 saturated heterocycles. The number of benzene rings is 2. The molecule has 1 N–H and O–H groups in total. The Balaban J connectivity index is 1.76. The van der Waals surface area contributed by atoms with Gasteiger partial charge in [0.1, 0.15) is 5.75 Å². The van der Waals surface area contributed by atoms with Crippen molar-refractivity contribution in [2.45, 2.75) is 6.04 Å². The fraction of sp³-hybridized carbons (Fsp3) is 0.278. The van der Waals surface area contributed by atoms with Crippen LogP contribution in [-0.2, 0) is 0 Å². The second-order valence-electron chi connectivity index (χ2n) is 5.62. The molecule has 1 unspecified atom stereocenters. The Morgan fingerprint density at radius 1 is 1.17 bits per heavy atom. The second kappa shape index (κ2) is 6.98. The van der Waals surface area contributed by atoms with E-state index in [1.165, 1.54) is 10.3 Å². The van der Waals surface area contributed by atoms with Gasteiger partial charge in [0, 0.05) is 6.54 Å². The number of aromatic nitrogens is 1. The molecule has 23 heavy (non-hydrogen) atoms. The Labute approximate surface area is 140 Å². The molecule has 0 fully saturated rings. The third-order valence-corrected chi connectivity index (χ3v) is 4.84. The normalized spacial score (nSPS) is 12.5. The van der Waals surface area contributed by atoms with E-state index < -0.39 is 0 Å². The summed E-state index contributed by atoms with van der Waals surface area (Å²) in [7, 11) is 5.87. The maximum Gasteiger partial charge on any atom is 0.183 e. The fourth-order valence-electron chi connectivity index (χ4n) is 2.58. The summed E-state index contributed by atoms with van der Waals surface area (Å²) in [5.41, 5.74) is 2.27. The van der Waals surface area contributed by atoms with Crippen LogP contribution in [0, 0.1) is 0 Å². The zero-order valence-electron chi connectivity index (χ0n) is 13.6. The number of ether oxygens (including phenoxy) is 1. The first-order valence-corrected chi connectivity index (χ1v) is 8.39. The van der Waals surface area contributed by atoms with Crippen LogP contribution in [0.25, 0.3) is 10.2 Å². The van der Waals surface area contributed by atoms with Crippen LogP contribution in [0.2, 0.25) is 0 Å². The summed E-state index contributed by atoms with van der Waals surface area (Å²) in [5.74, 6) is 0.884. The van der Waals surface area contributed by atoms with Crippen LogP contribution in [0.5, 0.6) is 5.75 Å². The predicted octanol–water partition coefficient (Wildman–Crippen LogP) is 4.02. The Hall–Kier alpha value is -2.11. The first-order chi connectivity index (χ1) is 11.2. The number of anilines is 1. The molecule has 0 amide bonds. The van der Waals surface area contributed by atoms with Crippen LogP contribution in [0.1, 0.15) is 11.6 Å². The molecule has 1 heterocycles. The fourth-order valence-corrected chi connectivity index (χ4v) is 3.45. The second-order valence-corrected chi connectivity index (χ2v) is 6.65. The molecule has 0 bridgehead atoms. The Morgan fingerprint density at radius 2 is 2.00 bits per heavy atom. The van der Waals surface area contributed by atoms with Gasteiger partial charge in [-0.1, -0.05) is 35.6 Å². The molecule has 0 spiro atoms. The molecule has 0 aliphatic rings. The van der Waals surface area contributed by atoms with E-state index in [4.69, 9.17) is 4.74 Å². The number of nitrogens with zero attached hydrogens (tertiary/aromatic N) is 2. The summed E-state index contributed by atoms with van der Waals surface area (Å²) in [5, 5.41) is 4.44. The van der Waals surface area contributed by atoms with E-state index in [0.29, 0.717) is 0 Å². The largest absolute Gasteiger partial charge is 0.497 e. The van der Waals surface area contributed by atoms with Crippen LogP contribution in [0.3, 0.4) is 0 Å². The zero-order valence-corrected chi connectivity index (χ0v) is 14.4. The van der Waals surface area contributed by atoms with E-state index in [9.17, 15) is 0 Å². The highest BCUT2D eigenvalue weighted by Crippen LogP contribution is 2.27. The van der Waals surface area contributed by atoms with Gasteiger partial charge in [-0.15, -0.1) is 0 Å². The van der Waals surface area contributed by atoms with Crippen molar-refractivity contribution >= 4 is 26.7 Å². The highest BCUT2D eigenvalue weighted by molar-refractivity contribution is 7.22. The van der Waals surface area contributed by atoms with Crippen molar-refractivity contribution in [3.8, 4) is 5.75 Å². The van der Waals surface area contributed by atoms with Gasteiger partial charge in [0.05, 0.1) is 23.4 Å². The first-order valence-electron chi connectivity index (χ1n) is 7.57. The van der Waals surface area contributed by atoms with Gasteiger partial charge < -0.3 is 15.0 Å². The minimum Gasteiger partial charge on any atom is -0.497 e. The zero-order chi connectivity index (χ0) is 16.2. The van der Waals surface area contributed by atoms with Crippen LogP contribution >= 0.6 is 11.3 Å². The topological polar surface area (TPSA) is 37.4 Å². The van der Waals surface area contributed by atoms with Crippen molar-refractivity contribution in [3.05, 3.63) is 54.1 Å². The molecule has 3 rings (SSSR count). The minimum absolute atomic E-state index is 0.247. The van der Waals surface area contributed by atoms with Crippen molar-refractivity contribution in [2.24, 2.45) is 0 Å². The standard InChI is InChI=1S/C18H21N3OS/c1-21(2)16(13-7-6-8-14(11-13)22-3)12-19-18-20-15-9-4-5-10-17(15)23-18/h4-11,16H,12H2,1-3H3,(H,19,20). The summed E-state index contributed by atoms with van der Waals surface area (Å²) in [6.45, 7) is 0.792. The van der Waals surface area contributed by atoms with Gasteiger partial charge in [0.25, 0.3) is 0 Å². The summed E-state index contributed by atoms with van der Waals surface area (Å²) < 4.78 is 6.54. The van der Waals surface area contributed by atoms with E-state index in [1.807, 2.05) is 30.3 Å². The smallest absolute Gasteiger partial charge is 0.183 e. The molecule has 1 atom stereocenters. The molecule has 4 nitrogen and oxygen atoms in total. The molecule has 120 valence electrons.